The first-order valence-electron chi connectivity index (χ1n) is 6.58. The third-order valence-electron chi connectivity index (χ3n) is 3.00. The highest BCUT2D eigenvalue weighted by molar-refractivity contribution is 7.80. The van der Waals surface area contributed by atoms with Crippen LogP contribution in [0.2, 0.25) is 0 Å². The molecule has 2 aromatic rings. The van der Waals surface area contributed by atoms with Crippen molar-refractivity contribution in [2.45, 2.75) is 0 Å². The van der Waals surface area contributed by atoms with Crippen LogP contribution >= 0.6 is 12.2 Å². The molecule has 0 fully saturated rings. The van der Waals surface area contributed by atoms with Crippen molar-refractivity contribution in [2.75, 3.05) is 24.9 Å². The minimum Gasteiger partial charge on any atom is -0.497 e. The van der Waals surface area contributed by atoms with E-state index in [1.165, 1.54) is 13.2 Å². The van der Waals surface area contributed by atoms with Gasteiger partial charge < -0.3 is 20.1 Å². The summed E-state index contributed by atoms with van der Waals surface area (Å²) in [4.78, 5) is 10.5. The molecule has 0 heterocycles. The smallest absolute Gasteiger partial charge is 0.292 e. The molecule has 0 aliphatic heterocycles. The lowest BCUT2D eigenvalue weighted by Gasteiger charge is -2.14. The van der Waals surface area contributed by atoms with E-state index in [0.29, 0.717) is 22.9 Å². The van der Waals surface area contributed by atoms with Crippen molar-refractivity contribution in [1.82, 2.24) is 0 Å². The van der Waals surface area contributed by atoms with Crippen LogP contribution in [0.3, 0.4) is 0 Å². The van der Waals surface area contributed by atoms with E-state index < -0.39 is 4.92 Å². The van der Waals surface area contributed by atoms with Crippen molar-refractivity contribution in [1.29, 1.82) is 0 Å². The van der Waals surface area contributed by atoms with E-state index in [1.54, 1.807) is 43.5 Å². The lowest BCUT2D eigenvalue weighted by molar-refractivity contribution is -0.383. The van der Waals surface area contributed by atoms with Gasteiger partial charge in [-0.3, -0.25) is 10.1 Å². The summed E-state index contributed by atoms with van der Waals surface area (Å²) in [6.07, 6.45) is 0. The molecular weight excluding hydrogens is 318 g/mol. The standard InChI is InChI=1S/C15H15N3O4S/c1-21-10-7-8-14(22-2)12(9-10)17-15(23)16-11-5-3-4-6-13(11)18(19)20/h3-9H,1-2H3,(H2,16,17,23). The minimum atomic E-state index is -0.475. The SMILES string of the molecule is COc1ccc(OC)c(NC(=S)Nc2ccccc2[N+](=O)[O-])c1. The van der Waals surface area contributed by atoms with E-state index >= 15 is 0 Å². The predicted molar refractivity (Wildman–Crippen MR) is 92.5 cm³/mol. The molecule has 0 saturated heterocycles. The topological polar surface area (TPSA) is 85.7 Å². The molecule has 2 N–H and O–H groups in total. The van der Waals surface area contributed by atoms with Gasteiger partial charge in [0, 0.05) is 12.1 Å². The first kappa shape index (κ1) is 16.5. The van der Waals surface area contributed by atoms with Crippen LogP contribution in [0.15, 0.2) is 42.5 Å². The zero-order valence-corrected chi connectivity index (χ0v) is 13.3. The highest BCUT2D eigenvalue weighted by Crippen LogP contribution is 2.29. The average Bonchev–Trinajstić information content (AvgIpc) is 2.55. The second-order valence-electron chi connectivity index (χ2n) is 4.42. The third kappa shape index (κ3) is 4.07. The van der Waals surface area contributed by atoms with E-state index in [9.17, 15) is 10.1 Å². The number of thiocarbonyl (C=S) groups is 1. The highest BCUT2D eigenvalue weighted by atomic mass is 32.1. The summed E-state index contributed by atoms with van der Waals surface area (Å²) >= 11 is 5.21. The third-order valence-corrected chi connectivity index (χ3v) is 3.21. The molecule has 2 rings (SSSR count). The first-order valence-corrected chi connectivity index (χ1v) is 6.99. The molecule has 0 radical (unpaired) electrons. The lowest BCUT2D eigenvalue weighted by atomic mass is 10.2. The summed E-state index contributed by atoms with van der Waals surface area (Å²) in [6.45, 7) is 0. The van der Waals surface area contributed by atoms with Crippen LogP contribution in [0.25, 0.3) is 0 Å². The fourth-order valence-corrected chi connectivity index (χ4v) is 2.15. The van der Waals surface area contributed by atoms with Gasteiger partial charge in [0.05, 0.1) is 24.8 Å². The summed E-state index contributed by atoms with van der Waals surface area (Å²) < 4.78 is 10.4. The number of rotatable bonds is 5. The van der Waals surface area contributed by atoms with Gasteiger partial charge in [0.1, 0.15) is 17.2 Å². The van der Waals surface area contributed by atoms with Crippen LogP contribution < -0.4 is 20.1 Å². The van der Waals surface area contributed by atoms with Crippen LogP contribution in [0.5, 0.6) is 11.5 Å². The van der Waals surface area contributed by atoms with Gasteiger partial charge in [0.25, 0.3) is 5.69 Å². The van der Waals surface area contributed by atoms with E-state index in [-0.39, 0.29) is 10.8 Å². The predicted octanol–water partition coefficient (Wildman–Crippen LogP) is 3.42. The van der Waals surface area contributed by atoms with Crippen LogP contribution in [0.1, 0.15) is 0 Å². The largest absolute Gasteiger partial charge is 0.497 e. The maximum absolute atomic E-state index is 11.0. The molecule has 0 unspecified atom stereocenters. The van der Waals surface area contributed by atoms with Gasteiger partial charge >= 0.3 is 0 Å². The molecule has 0 atom stereocenters. The number of hydrogen-bond donors (Lipinski definition) is 2. The summed E-state index contributed by atoms with van der Waals surface area (Å²) in [5.74, 6) is 1.19. The number of methoxy groups -OCH3 is 2. The monoisotopic (exact) mass is 333 g/mol. The van der Waals surface area contributed by atoms with E-state index in [4.69, 9.17) is 21.7 Å². The molecule has 0 saturated carbocycles. The first-order chi connectivity index (χ1) is 11.0. The Morgan fingerprint density at radius 3 is 2.43 bits per heavy atom. The van der Waals surface area contributed by atoms with E-state index in [0.717, 1.165) is 0 Å². The number of nitro benzene ring substituents is 1. The summed E-state index contributed by atoms with van der Waals surface area (Å²) in [5, 5.41) is 17.0. The molecule has 0 aliphatic rings. The van der Waals surface area contributed by atoms with Crippen molar-refractivity contribution in [3.63, 3.8) is 0 Å². The zero-order valence-electron chi connectivity index (χ0n) is 12.5. The molecule has 0 aromatic heterocycles. The normalized spacial score (nSPS) is 9.83. The molecular formula is C15H15N3O4S. The number of anilines is 2. The Labute approximate surface area is 138 Å². The molecule has 0 amide bonds. The zero-order chi connectivity index (χ0) is 16.8. The Morgan fingerprint density at radius 1 is 1.09 bits per heavy atom. The number of nitrogens with zero attached hydrogens (tertiary/aromatic N) is 1. The Kier molecular flexibility index (Phi) is 5.32. The van der Waals surface area contributed by atoms with Gasteiger partial charge in [-0.05, 0) is 30.4 Å². The second kappa shape index (κ2) is 7.41. The molecule has 0 spiro atoms. The lowest BCUT2D eigenvalue weighted by Crippen LogP contribution is -2.20. The van der Waals surface area contributed by atoms with Crippen molar-refractivity contribution in [3.05, 3.63) is 52.6 Å². The quantitative estimate of drug-likeness (QED) is 0.492. The van der Waals surface area contributed by atoms with Crippen LogP contribution in [-0.4, -0.2) is 24.3 Å². The van der Waals surface area contributed by atoms with Crippen molar-refractivity contribution >= 4 is 34.4 Å². The fraction of sp³-hybridized carbons (Fsp3) is 0.133. The minimum absolute atomic E-state index is 0.0609. The van der Waals surface area contributed by atoms with Crippen molar-refractivity contribution in [3.8, 4) is 11.5 Å². The average molecular weight is 333 g/mol. The number of ether oxygens (including phenoxy) is 2. The van der Waals surface area contributed by atoms with Gasteiger partial charge in [-0.15, -0.1) is 0 Å². The number of hydrogen-bond acceptors (Lipinski definition) is 5. The van der Waals surface area contributed by atoms with Gasteiger partial charge in [-0.25, -0.2) is 0 Å². The number of nitrogens with one attached hydrogen (secondary N) is 2. The molecule has 23 heavy (non-hydrogen) atoms. The number of nitro groups is 1. The van der Waals surface area contributed by atoms with Gasteiger partial charge in [-0.2, -0.15) is 0 Å². The van der Waals surface area contributed by atoms with E-state index in [1.807, 2.05) is 0 Å². The summed E-state index contributed by atoms with van der Waals surface area (Å²) in [5.41, 5.74) is 0.828. The maximum atomic E-state index is 11.0. The maximum Gasteiger partial charge on any atom is 0.292 e. The Balaban J connectivity index is 2.19. The fourth-order valence-electron chi connectivity index (χ4n) is 1.93. The second-order valence-corrected chi connectivity index (χ2v) is 4.83. The molecule has 2 aromatic carbocycles. The van der Waals surface area contributed by atoms with Gasteiger partial charge in [0.2, 0.25) is 0 Å². The molecule has 0 aliphatic carbocycles. The molecule has 8 heteroatoms. The van der Waals surface area contributed by atoms with Crippen molar-refractivity contribution < 1.29 is 14.4 Å². The molecule has 0 bridgehead atoms. The van der Waals surface area contributed by atoms with Crippen molar-refractivity contribution in [2.24, 2.45) is 0 Å². The number of para-hydroxylation sites is 2. The van der Waals surface area contributed by atoms with E-state index in [2.05, 4.69) is 10.6 Å². The Bertz CT molecular complexity index is 736. The molecule has 120 valence electrons. The summed E-state index contributed by atoms with van der Waals surface area (Å²) in [7, 11) is 3.08. The highest BCUT2D eigenvalue weighted by Gasteiger charge is 2.14. The molecule has 7 nitrogen and oxygen atoms in total. The van der Waals surface area contributed by atoms with Gasteiger partial charge in [0.15, 0.2) is 5.11 Å². The van der Waals surface area contributed by atoms with Crippen LogP contribution in [0, 0.1) is 10.1 Å². The van der Waals surface area contributed by atoms with Crippen LogP contribution in [0.4, 0.5) is 17.1 Å². The Morgan fingerprint density at radius 2 is 1.78 bits per heavy atom. The van der Waals surface area contributed by atoms with Gasteiger partial charge in [-0.1, -0.05) is 12.1 Å². The Hall–Kier alpha value is -2.87. The summed E-state index contributed by atoms with van der Waals surface area (Å²) in [6, 6.07) is 11.4. The number of benzene rings is 2. The van der Waals surface area contributed by atoms with Crippen LogP contribution in [-0.2, 0) is 0 Å².